The average molecular weight is 360 g/mol. The zero-order valence-corrected chi connectivity index (χ0v) is 14.1. The van der Waals surface area contributed by atoms with Crippen LogP contribution in [0.1, 0.15) is 34.3 Å². The van der Waals surface area contributed by atoms with Gasteiger partial charge < -0.3 is 10.1 Å². The van der Waals surface area contributed by atoms with E-state index in [1.807, 2.05) is 18.2 Å². The van der Waals surface area contributed by atoms with Crippen molar-refractivity contribution in [2.24, 2.45) is 0 Å². The molecule has 0 fully saturated rings. The summed E-state index contributed by atoms with van der Waals surface area (Å²) in [5, 5.41) is 2.97. The summed E-state index contributed by atoms with van der Waals surface area (Å²) in [4.78, 5) is 12.5. The van der Waals surface area contributed by atoms with Crippen molar-refractivity contribution in [3.63, 3.8) is 0 Å². The zero-order chi connectivity index (χ0) is 15.5. The average Bonchev–Trinajstić information content (AvgIpc) is 2.54. The van der Waals surface area contributed by atoms with E-state index >= 15 is 0 Å². The number of fused-ring (bicyclic) bond motifs is 1. The third kappa shape index (κ3) is 3.02. The van der Waals surface area contributed by atoms with Crippen molar-refractivity contribution < 1.29 is 9.53 Å². The molecule has 0 spiro atoms. The Hall–Kier alpha value is -1.81. The maximum atomic E-state index is 12.5. The van der Waals surface area contributed by atoms with Crippen LogP contribution in [0.25, 0.3) is 0 Å². The number of rotatable bonds is 3. The highest BCUT2D eigenvalue weighted by Gasteiger charge is 2.17. The van der Waals surface area contributed by atoms with Crippen LogP contribution in [0.5, 0.6) is 5.75 Å². The number of amides is 1. The highest BCUT2D eigenvalue weighted by molar-refractivity contribution is 9.10. The van der Waals surface area contributed by atoms with E-state index in [0.717, 1.165) is 28.8 Å². The monoisotopic (exact) mass is 359 g/mol. The summed E-state index contributed by atoms with van der Waals surface area (Å²) in [5.74, 6) is 0.586. The fraction of sp³-hybridized carbons (Fsp3) is 0.278. The van der Waals surface area contributed by atoms with Crippen LogP contribution in [0, 0.1) is 0 Å². The van der Waals surface area contributed by atoms with Gasteiger partial charge in [-0.25, -0.2) is 0 Å². The molecule has 0 aromatic heterocycles. The summed E-state index contributed by atoms with van der Waals surface area (Å²) in [5.41, 5.74) is 4.00. The molecule has 2 aromatic carbocycles. The quantitative estimate of drug-likeness (QED) is 0.870. The van der Waals surface area contributed by atoms with Gasteiger partial charge in [-0.05, 0) is 77.0 Å². The van der Waals surface area contributed by atoms with E-state index in [0.29, 0.717) is 5.56 Å². The van der Waals surface area contributed by atoms with Crippen LogP contribution in [0.4, 0.5) is 5.69 Å². The van der Waals surface area contributed by atoms with Crippen LogP contribution >= 0.6 is 15.9 Å². The molecule has 1 amide bonds. The van der Waals surface area contributed by atoms with Crippen molar-refractivity contribution in [2.75, 3.05) is 12.4 Å². The van der Waals surface area contributed by atoms with Gasteiger partial charge in [-0.15, -0.1) is 0 Å². The molecule has 3 nitrogen and oxygen atoms in total. The summed E-state index contributed by atoms with van der Waals surface area (Å²) < 4.78 is 6.23. The van der Waals surface area contributed by atoms with Gasteiger partial charge in [0.25, 0.3) is 5.91 Å². The van der Waals surface area contributed by atoms with Gasteiger partial charge in [0.15, 0.2) is 0 Å². The number of ether oxygens (including phenoxy) is 1. The Morgan fingerprint density at radius 1 is 1.14 bits per heavy atom. The summed E-state index contributed by atoms with van der Waals surface area (Å²) in [6, 6.07) is 11.5. The van der Waals surface area contributed by atoms with Gasteiger partial charge in [-0.2, -0.15) is 0 Å². The van der Waals surface area contributed by atoms with Crippen LogP contribution in [-0.2, 0) is 12.8 Å². The third-order valence-electron chi connectivity index (χ3n) is 4.03. The molecule has 3 rings (SSSR count). The number of carbonyl (C=O) groups excluding carboxylic acids is 1. The molecule has 0 saturated heterocycles. The number of nitrogens with one attached hydrogen (secondary N) is 1. The maximum Gasteiger partial charge on any atom is 0.256 e. The van der Waals surface area contributed by atoms with E-state index in [4.69, 9.17) is 4.74 Å². The number of carbonyl (C=O) groups is 1. The molecule has 0 heterocycles. The molecule has 0 radical (unpaired) electrons. The molecule has 2 aromatic rings. The van der Waals surface area contributed by atoms with Crippen molar-refractivity contribution in [3.8, 4) is 5.75 Å². The fourth-order valence-electron chi connectivity index (χ4n) is 2.86. The zero-order valence-electron chi connectivity index (χ0n) is 12.5. The molecule has 1 N–H and O–H groups in total. The van der Waals surface area contributed by atoms with E-state index < -0.39 is 0 Å². The normalized spacial score (nSPS) is 13.4. The predicted octanol–water partition coefficient (Wildman–Crippen LogP) is 4.59. The van der Waals surface area contributed by atoms with Crippen molar-refractivity contribution >= 4 is 27.5 Å². The first-order valence-electron chi connectivity index (χ1n) is 7.44. The first-order valence-corrected chi connectivity index (χ1v) is 8.24. The lowest BCUT2D eigenvalue weighted by Gasteiger charge is -2.19. The first kappa shape index (κ1) is 15.1. The highest BCUT2D eigenvalue weighted by Crippen LogP contribution is 2.33. The lowest BCUT2D eigenvalue weighted by Crippen LogP contribution is -2.14. The number of benzene rings is 2. The summed E-state index contributed by atoms with van der Waals surface area (Å²) in [6.07, 6.45) is 4.58. The topological polar surface area (TPSA) is 38.3 Å². The number of hydrogen-bond donors (Lipinski definition) is 1. The molecule has 1 aliphatic carbocycles. The van der Waals surface area contributed by atoms with Crippen molar-refractivity contribution in [3.05, 3.63) is 57.6 Å². The number of aryl methyl sites for hydroxylation is 2. The Morgan fingerprint density at radius 3 is 2.50 bits per heavy atom. The summed E-state index contributed by atoms with van der Waals surface area (Å²) >= 11 is 3.41. The molecule has 0 atom stereocenters. The predicted molar refractivity (Wildman–Crippen MR) is 91.7 cm³/mol. The second-order valence-electron chi connectivity index (χ2n) is 5.46. The van der Waals surface area contributed by atoms with Gasteiger partial charge >= 0.3 is 0 Å². The Bertz CT molecular complexity index is 712. The molecular formula is C18H18BrNO2. The summed E-state index contributed by atoms with van der Waals surface area (Å²) in [6.45, 7) is 0. The van der Waals surface area contributed by atoms with E-state index in [9.17, 15) is 4.79 Å². The highest BCUT2D eigenvalue weighted by atomic mass is 79.9. The van der Waals surface area contributed by atoms with Crippen LogP contribution in [0.2, 0.25) is 0 Å². The van der Waals surface area contributed by atoms with Crippen LogP contribution in [0.3, 0.4) is 0 Å². The molecule has 0 bridgehead atoms. The van der Waals surface area contributed by atoms with Gasteiger partial charge in [0.2, 0.25) is 0 Å². The molecule has 1 aliphatic rings. The smallest absolute Gasteiger partial charge is 0.256 e. The van der Waals surface area contributed by atoms with Crippen molar-refractivity contribution in [2.45, 2.75) is 25.7 Å². The SMILES string of the molecule is COc1cc2c(cc1NC(=O)c1ccccc1Br)CCCC2. The number of halogens is 1. The van der Waals surface area contributed by atoms with Crippen molar-refractivity contribution in [1.29, 1.82) is 0 Å². The lowest BCUT2D eigenvalue weighted by molar-refractivity contribution is 0.102. The molecule has 0 unspecified atom stereocenters. The maximum absolute atomic E-state index is 12.5. The number of hydrogen-bond acceptors (Lipinski definition) is 2. The molecular weight excluding hydrogens is 342 g/mol. The van der Waals surface area contributed by atoms with Gasteiger partial charge in [-0.1, -0.05) is 12.1 Å². The minimum atomic E-state index is -0.137. The minimum Gasteiger partial charge on any atom is -0.495 e. The van der Waals surface area contributed by atoms with Crippen LogP contribution < -0.4 is 10.1 Å². The summed E-state index contributed by atoms with van der Waals surface area (Å²) in [7, 11) is 1.64. The number of methoxy groups -OCH3 is 1. The van der Waals surface area contributed by atoms with Gasteiger partial charge in [-0.3, -0.25) is 4.79 Å². The number of anilines is 1. The van der Waals surface area contributed by atoms with E-state index in [1.165, 1.54) is 24.0 Å². The van der Waals surface area contributed by atoms with E-state index in [1.54, 1.807) is 13.2 Å². The minimum absolute atomic E-state index is 0.137. The van der Waals surface area contributed by atoms with E-state index in [2.05, 4.69) is 33.4 Å². The van der Waals surface area contributed by atoms with Gasteiger partial charge in [0, 0.05) is 4.47 Å². The van der Waals surface area contributed by atoms with Gasteiger partial charge in [0.1, 0.15) is 5.75 Å². The standard InChI is InChI=1S/C18H18BrNO2/c1-22-17-11-13-7-3-2-6-12(13)10-16(17)20-18(21)14-8-4-5-9-15(14)19/h4-5,8-11H,2-3,6-7H2,1H3,(H,20,21). The second-order valence-corrected chi connectivity index (χ2v) is 6.32. The third-order valence-corrected chi connectivity index (χ3v) is 4.72. The Kier molecular flexibility index (Phi) is 4.48. The molecule has 114 valence electrons. The van der Waals surface area contributed by atoms with Gasteiger partial charge in [0.05, 0.1) is 18.4 Å². The van der Waals surface area contributed by atoms with Crippen molar-refractivity contribution in [1.82, 2.24) is 0 Å². The lowest BCUT2D eigenvalue weighted by atomic mass is 9.91. The van der Waals surface area contributed by atoms with E-state index in [-0.39, 0.29) is 5.91 Å². The Morgan fingerprint density at radius 2 is 1.82 bits per heavy atom. The van der Waals surface area contributed by atoms with Crippen LogP contribution in [0.15, 0.2) is 40.9 Å². The molecule has 4 heteroatoms. The molecule has 0 aliphatic heterocycles. The molecule has 22 heavy (non-hydrogen) atoms. The largest absolute Gasteiger partial charge is 0.495 e. The Labute approximate surface area is 138 Å². The van der Waals surface area contributed by atoms with Crippen LogP contribution in [-0.4, -0.2) is 13.0 Å². The Balaban J connectivity index is 1.91. The molecule has 0 saturated carbocycles. The second kappa shape index (κ2) is 6.53. The fourth-order valence-corrected chi connectivity index (χ4v) is 3.33. The first-order chi connectivity index (χ1) is 10.7.